The fourth-order valence-electron chi connectivity index (χ4n) is 1.69. The van der Waals surface area contributed by atoms with Crippen LogP contribution in [0.3, 0.4) is 0 Å². The predicted molar refractivity (Wildman–Crippen MR) is 66.3 cm³/mol. The van der Waals surface area contributed by atoms with E-state index in [-0.39, 0.29) is 24.2 Å². The molecule has 4 nitrogen and oxygen atoms in total. The maximum absolute atomic E-state index is 5.97. The minimum absolute atomic E-state index is 0.110. The number of hydrogen-bond donors (Lipinski definition) is 4. The van der Waals surface area contributed by atoms with Gasteiger partial charge >= 0.3 is 0 Å². The molecule has 0 fully saturated rings. The first-order valence-electron chi connectivity index (χ1n) is 6.01. The van der Waals surface area contributed by atoms with Crippen LogP contribution in [-0.2, 0) is 0 Å². The van der Waals surface area contributed by atoms with Crippen LogP contribution in [0.15, 0.2) is 0 Å². The van der Waals surface area contributed by atoms with Crippen LogP contribution in [0.1, 0.15) is 46.0 Å². The van der Waals surface area contributed by atoms with Crippen molar-refractivity contribution in [3.63, 3.8) is 0 Å². The van der Waals surface area contributed by atoms with Gasteiger partial charge in [-0.2, -0.15) is 0 Å². The Morgan fingerprint density at radius 2 is 0.867 bits per heavy atom. The van der Waals surface area contributed by atoms with Crippen molar-refractivity contribution < 1.29 is 0 Å². The maximum Gasteiger partial charge on any atom is 0.00682 e. The molecule has 0 rings (SSSR count). The molecular weight excluding hydrogens is 188 g/mol. The minimum atomic E-state index is 0.110. The Labute approximate surface area is 93.7 Å². The summed E-state index contributed by atoms with van der Waals surface area (Å²) in [5.74, 6) is 0. The number of rotatable bonds is 8. The van der Waals surface area contributed by atoms with Gasteiger partial charge in [-0.1, -0.05) is 13.8 Å². The van der Waals surface area contributed by atoms with Crippen LogP contribution in [-0.4, -0.2) is 24.2 Å². The van der Waals surface area contributed by atoms with Crippen LogP contribution in [0.25, 0.3) is 0 Å². The molecule has 0 saturated heterocycles. The third-order valence-electron chi connectivity index (χ3n) is 2.87. The molecule has 4 heteroatoms. The second kappa shape index (κ2) is 8.05. The predicted octanol–water partition coefficient (Wildman–Crippen LogP) is 0.286. The molecule has 0 heterocycles. The van der Waals surface area contributed by atoms with Gasteiger partial charge < -0.3 is 22.9 Å². The molecule has 15 heavy (non-hydrogen) atoms. The summed E-state index contributed by atoms with van der Waals surface area (Å²) in [4.78, 5) is 0. The summed E-state index contributed by atoms with van der Waals surface area (Å²) >= 11 is 0. The largest absolute Gasteiger partial charge is 0.328 e. The monoisotopic (exact) mass is 216 g/mol. The molecule has 92 valence electrons. The topological polar surface area (TPSA) is 104 Å². The average molecular weight is 216 g/mol. The first kappa shape index (κ1) is 14.8. The quantitative estimate of drug-likeness (QED) is 0.468. The van der Waals surface area contributed by atoms with Gasteiger partial charge in [0, 0.05) is 24.2 Å². The third kappa shape index (κ3) is 7.73. The SMILES string of the molecule is CCC(N)CC(N)CC(N)CC(N)CC. The van der Waals surface area contributed by atoms with E-state index in [0.29, 0.717) is 0 Å². The Balaban J connectivity index is 3.70. The van der Waals surface area contributed by atoms with Gasteiger partial charge in [-0.15, -0.1) is 0 Å². The van der Waals surface area contributed by atoms with E-state index < -0.39 is 0 Å². The van der Waals surface area contributed by atoms with Crippen LogP contribution >= 0.6 is 0 Å². The van der Waals surface area contributed by atoms with Gasteiger partial charge in [-0.25, -0.2) is 0 Å². The molecule has 0 aliphatic rings. The summed E-state index contributed by atoms with van der Waals surface area (Å²) in [6, 6.07) is 0.622. The highest BCUT2D eigenvalue weighted by molar-refractivity contribution is 4.77. The number of nitrogens with two attached hydrogens (primary N) is 4. The van der Waals surface area contributed by atoms with Crippen molar-refractivity contribution in [3.05, 3.63) is 0 Å². The van der Waals surface area contributed by atoms with Gasteiger partial charge in [0.1, 0.15) is 0 Å². The highest BCUT2D eigenvalue weighted by atomic mass is 14.7. The van der Waals surface area contributed by atoms with E-state index in [4.69, 9.17) is 22.9 Å². The lowest BCUT2D eigenvalue weighted by molar-refractivity contribution is 0.416. The van der Waals surface area contributed by atoms with Crippen LogP contribution in [0.5, 0.6) is 0 Å². The number of hydrogen-bond acceptors (Lipinski definition) is 4. The summed E-state index contributed by atoms with van der Waals surface area (Å²) in [7, 11) is 0. The lowest BCUT2D eigenvalue weighted by Crippen LogP contribution is -2.39. The minimum Gasteiger partial charge on any atom is -0.328 e. The summed E-state index contributed by atoms with van der Waals surface area (Å²) in [6.45, 7) is 4.15. The van der Waals surface area contributed by atoms with Crippen LogP contribution in [0.2, 0.25) is 0 Å². The summed E-state index contributed by atoms with van der Waals surface area (Å²) in [5, 5.41) is 0. The van der Waals surface area contributed by atoms with E-state index >= 15 is 0 Å². The van der Waals surface area contributed by atoms with Crippen molar-refractivity contribution in [2.45, 2.75) is 70.1 Å². The van der Waals surface area contributed by atoms with E-state index in [1.54, 1.807) is 0 Å². The van der Waals surface area contributed by atoms with E-state index in [9.17, 15) is 0 Å². The van der Waals surface area contributed by atoms with E-state index in [2.05, 4.69) is 13.8 Å². The van der Waals surface area contributed by atoms with E-state index in [1.807, 2.05) is 0 Å². The molecule has 0 radical (unpaired) electrons. The smallest absolute Gasteiger partial charge is 0.00682 e. The van der Waals surface area contributed by atoms with Gasteiger partial charge in [0.05, 0.1) is 0 Å². The maximum atomic E-state index is 5.97. The third-order valence-corrected chi connectivity index (χ3v) is 2.87. The van der Waals surface area contributed by atoms with Crippen LogP contribution < -0.4 is 22.9 Å². The molecule has 4 unspecified atom stereocenters. The Morgan fingerprint density at radius 3 is 1.13 bits per heavy atom. The second-order valence-electron chi connectivity index (χ2n) is 4.56. The zero-order valence-electron chi connectivity index (χ0n) is 10.2. The Bertz CT molecular complexity index is 136. The lowest BCUT2D eigenvalue weighted by Gasteiger charge is -2.21. The zero-order valence-corrected chi connectivity index (χ0v) is 10.2. The molecule has 0 aliphatic carbocycles. The molecule has 0 aromatic heterocycles. The summed E-state index contributed by atoms with van der Waals surface area (Å²) in [5.41, 5.74) is 23.6. The Morgan fingerprint density at radius 1 is 0.600 bits per heavy atom. The summed E-state index contributed by atoms with van der Waals surface area (Å²) < 4.78 is 0. The Hall–Kier alpha value is -0.160. The fourth-order valence-corrected chi connectivity index (χ4v) is 1.69. The first-order valence-corrected chi connectivity index (χ1v) is 6.01. The van der Waals surface area contributed by atoms with Crippen molar-refractivity contribution in [2.24, 2.45) is 22.9 Å². The molecule has 0 saturated carbocycles. The Kier molecular flexibility index (Phi) is 7.96. The zero-order chi connectivity index (χ0) is 11.8. The molecule has 0 aromatic carbocycles. The second-order valence-corrected chi connectivity index (χ2v) is 4.56. The van der Waals surface area contributed by atoms with Crippen molar-refractivity contribution in [3.8, 4) is 0 Å². The highest BCUT2D eigenvalue weighted by Gasteiger charge is 2.14. The van der Waals surface area contributed by atoms with Crippen molar-refractivity contribution in [2.75, 3.05) is 0 Å². The average Bonchev–Trinajstić information content (AvgIpc) is 2.16. The molecule has 0 aliphatic heterocycles. The van der Waals surface area contributed by atoms with Gasteiger partial charge in [0.15, 0.2) is 0 Å². The summed E-state index contributed by atoms with van der Waals surface area (Å²) in [6.07, 6.45) is 4.47. The molecule has 8 N–H and O–H groups in total. The van der Waals surface area contributed by atoms with Crippen molar-refractivity contribution >= 4 is 0 Å². The molecule has 0 spiro atoms. The van der Waals surface area contributed by atoms with E-state index in [1.165, 1.54) is 0 Å². The van der Waals surface area contributed by atoms with Crippen LogP contribution in [0.4, 0.5) is 0 Å². The molecule has 0 bridgehead atoms. The molecule has 0 aromatic rings. The van der Waals surface area contributed by atoms with Crippen molar-refractivity contribution in [1.82, 2.24) is 0 Å². The lowest BCUT2D eigenvalue weighted by atomic mass is 9.96. The van der Waals surface area contributed by atoms with Crippen LogP contribution in [0, 0.1) is 0 Å². The van der Waals surface area contributed by atoms with Gasteiger partial charge in [0.2, 0.25) is 0 Å². The normalized spacial score (nSPS) is 19.6. The highest BCUT2D eigenvalue weighted by Crippen LogP contribution is 2.07. The van der Waals surface area contributed by atoms with Gasteiger partial charge in [-0.3, -0.25) is 0 Å². The van der Waals surface area contributed by atoms with E-state index in [0.717, 1.165) is 32.1 Å². The molecular formula is C11H28N4. The first-order chi connectivity index (χ1) is 6.99. The molecule has 0 amide bonds. The van der Waals surface area contributed by atoms with Gasteiger partial charge in [0.25, 0.3) is 0 Å². The molecule has 4 atom stereocenters. The van der Waals surface area contributed by atoms with Crippen molar-refractivity contribution in [1.29, 1.82) is 0 Å². The van der Waals surface area contributed by atoms with Gasteiger partial charge in [-0.05, 0) is 32.1 Å². The standard InChI is InChI=1S/C11H28N4/c1-3-8(12)5-10(14)7-11(15)6-9(13)4-2/h8-11H,3-7,12-15H2,1-2H3. The fraction of sp³-hybridized carbons (Fsp3) is 1.00.